The number of hydrogen-bond acceptors (Lipinski definition) is 0. The third-order valence-electron chi connectivity index (χ3n) is 22.1. The lowest BCUT2D eigenvalue weighted by molar-refractivity contribution is -0.0691. The van der Waals surface area contributed by atoms with Gasteiger partial charge in [-0.15, -0.1) is 0 Å². The van der Waals surface area contributed by atoms with Crippen LogP contribution in [-0.2, 0) is 43.3 Å². The molecule has 4 bridgehead atoms. The van der Waals surface area contributed by atoms with Crippen LogP contribution in [0.4, 0.5) is 0 Å². The zero-order chi connectivity index (χ0) is 131. The van der Waals surface area contributed by atoms with Crippen molar-refractivity contribution in [2.75, 3.05) is 0 Å². The highest BCUT2D eigenvalue weighted by Gasteiger charge is 2.69. The summed E-state index contributed by atoms with van der Waals surface area (Å²) in [5.74, 6) is 22.9. The van der Waals surface area contributed by atoms with Crippen molar-refractivity contribution in [2.45, 2.75) is 81.8 Å². The van der Waals surface area contributed by atoms with Crippen molar-refractivity contribution < 1.29 is 82.2 Å². The molecular formula is C118H88. The first-order valence-corrected chi connectivity index (χ1v) is 36.5. The maximum Gasteiger partial charge on any atom is 0.107 e. The lowest BCUT2D eigenvalue weighted by atomic mass is 9.32. The zero-order valence-corrected chi connectivity index (χ0v) is 61.5. The number of benzene rings is 16. The Morgan fingerprint density at radius 1 is 0.161 bits per heavy atom. The number of rotatable bonds is 16. The second kappa shape index (κ2) is 31.5. The second-order valence-corrected chi connectivity index (χ2v) is 28.5. The average Bonchev–Trinajstić information content (AvgIpc) is 0.659. The van der Waals surface area contributed by atoms with Gasteiger partial charge in [0.05, 0.1) is 82.2 Å². The van der Waals surface area contributed by atoms with E-state index in [9.17, 15) is 32.9 Å². The van der Waals surface area contributed by atoms with E-state index in [0.29, 0.717) is 22.3 Å². The predicted molar refractivity (Wildman–Crippen MR) is 485 cm³/mol. The summed E-state index contributed by atoms with van der Waals surface area (Å²) in [5, 5.41) is 0. The molecule has 0 heterocycles. The Hall–Kier alpha value is -14.2. The van der Waals surface area contributed by atoms with Crippen molar-refractivity contribution in [2.24, 2.45) is 0 Å². The van der Waals surface area contributed by atoms with Gasteiger partial charge in [0.2, 0.25) is 0 Å². The maximum atomic E-state index is 9.70. The van der Waals surface area contributed by atoms with E-state index in [0.717, 1.165) is 0 Å². The van der Waals surface area contributed by atoms with E-state index < -0.39 is 473 Å². The van der Waals surface area contributed by atoms with Crippen molar-refractivity contribution >= 4 is 0 Å². The van der Waals surface area contributed by atoms with Crippen molar-refractivity contribution in [3.8, 4) is 47.4 Å². The van der Waals surface area contributed by atoms with Crippen LogP contribution in [0.3, 0.4) is 0 Å². The highest BCUT2D eigenvalue weighted by molar-refractivity contribution is 5.66. The summed E-state index contributed by atoms with van der Waals surface area (Å²) in [6, 6.07) is -44.9. The fourth-order valence-corrected chi connectivity index (χ4v) is 17.7. The van der Waals surface area contributed by atoms with Crippen LogP contribution < -0.4 is 0 Å². The van der Waals surface area contributed by atoms with Crippen molar-refractivity contribution in [1.29, 1.82) is 0 Å². The fourth-order valence-electron chi connectivity index (χ4n) is 17.7. The summed E-state index contributed by atoms with van der Waals surface area (Å²) in [6.45, 7) is 0. The normalized spacial score (nSPS) is 24.9. The van der Waals surface area contributed by atoms with Crippen LogP contribution >= 0.6 is 0 Å². The van der Waals surface area contributed by atoms with Gasteiger partial charge in [-0.1, -0.05) is 458 Å². The molecule has 0 spiro atoms. The molecule has 16 aromatic carbocycles. The van der Waals surface area contributed by atoms with Crippen LogP contribution in [0.2, 0.25) is 0 Å². The quantitative estimate of drug-likeness (QED) is 0.0668. The predicted octanol–water partition coefficient (Wildman–Crippen LogP) is 25.7. The van der Waals surface area contributed by atoms with Crippen LogP contribution in [0.1, 0.15) is 232 Å². The van der Waals surface area contributed by atoms with E-state index in [2.05, 4.69) is 47.4 Å². The summed E-state index contributed by atoms with van der Waals surface area (Å²) >= 11 is 0. The highest BCUT2D eigenvalue weighted by atomic mass is 14.7. The topological polar surface area (TPSA) is 0 Å². The SMILES string of the molecule is [2H]c1c([2H])c([2H])c(C(C#Cc2ccc(C34CC5(c6ccc(C#CC(c7c([2H])c([2H])c([2H])c([2H])c7[2H])(c7c([2H])c([2H])c([2H])c([2H])c7[2H])c7c([2H])c([2H])c([2H])c([2H])c7[2H])cc6)CC(c6ccc(C#CC(c7c([2H])c([2H])c([2H])c([2H])c7[2H])(c7c([2H])c([2H])c([2H])c([2H])c7[2H])c7c([2H])c([2H])c([2H])c([2H])c7[2H])cc6)(C3)CC(c3ccc(C#CC(c6c([2H])c([2H])c([2H])c([2H])c6[2H])(c6c([2H])c([2H])c([2H])c([2H])c6[2H])c6c([2H])c([2H])c([2H])c([2H])c6[2H])cc3)(C4)C5)cc2)(c2c([2H])c([2H])c([2H])c([2H])c2[2H])c2c([2H])c([2H])c([2H])c([2H])c2[2H])c([2H])c1[2H]. The molecule has 0 saturated heterocycles. The van der Waals surface area contributed by atoms with Crippen LogP contribution in [-0.4, -0.2) is 0 Å². The molecule has 0 atom stereocenters. The molecule has 0 nitrogen and oxygen atoms in total. The molecular weight excluding hydrogens is 1420 g/mol. The maximum absolute atomic E-state index is 9.70. The Morgan fingerprint density at radius 3 is 0.381 bits per heavy atom. The van der Waals surface area contributed by atoms with Gasteiger partial charge in [-0.05, 0) is 198 Å². The Kier molecular flexibility index (Phi) is 8.86. The van der Waals surface area contributed by atoms with E-state index in [4.69, 9.17) is 49.3 Å². The van der Waals surface area contributed by atoms with E-state index in [-0.39, 0.29) is 60.8 Å². The van der Waals surface area contributed by atoms with Gasteiger partial charge in [0, 0.05) is 22.3 Å². The molecule has 0 unspecified atom stereocenters. The lowest BCUT2D eigenvalue weighted by Gasteiger charge is -2.71. The number of hydrogen-bond donors (Lipinski definition) is 0. The van der Waals surface area contributed by atoms with E-state index in [1.807, 2.05) is 0 Å². The molecule has 0 amide bonds. The van der Waals surface area contributed by atoms with Gasteiger partial charge in [0.1, 0.15) is 21.7 Å². The Morgan fingerprint density at radius 2 is 0.271 bits per heavy atom. The Labute approximate surface area is 781 Å². The summed E-state index contributed by atoms with van der Waals surface area (Å²) < 4.78 is 558. The van der Waals surface area contributed by atoms with Crippen LogP contribution in [0.25, 0.3) is 0 Å². The smallest absolute Gasteiger partial charge is 0.0765 e. The third kappa shape index (κ3) is 13.4. The molecule has 560 valence electrons. The van der Waals surface area contributed by atoms with Gasteiger partial charge in [-0.25, -0.2) is 0 Å². The molecule has 20 rings (SSSR count). The van der Waals surface area contributed by atoms with E-state index in [1.165, 1.54) is 48.5 Å². The fraction of sp³-hybridized carbons (Fsp3) is 0.119. The van der Waals surface area contributed by atoms with Crippen LogP contribution in [0.15, 0.2) is 460 Å². The Bertz CT molecular complexity index is 8150. The van der Waals surface area contributed by atoms with Crippen molar-refractivity contribution in [3.05, 3.63) is 571 Å². The minimum Gasteiger partial charge on any atom is -0.0765 e. The molecule has 0 heteroatoms. The van der Waals surface area contributed by atoms with Crippen LogP contribution in [0.5, 0.6) is 0 Å². The van der Waals surface area contributed by atoms with Crippen LogP contribution in [0, 0.1) is 47.4 Å². The van der Waals surface area contributed by atoms with E-state index >= 15 is 0 Å². The first-order chi connectivity index (χ1) is 83.1. The monoisotopic (exact) mass is 1570 g/mol. The minimum atomic E-state index is -3.33. The zero-order valence-electron chi connectivity index (χ0n) is 121. The van der Waals surface area contributed by atoms with Crippen molar-refractivity contribution in [3.63, 3.8) is 0 Å². The highest BCUT2D eigenvalue weighted by Crippen LogP contribution is 2.75. The summed E-state index contributed by atoms with van der Waals surface area (Å²) in [6.07, 6.45) is -0.159. The molecule has 16 aromatic rings. The van der Waals surface area contributed by atoms with Gasteiger partial charge in [-0.3, -0.25) is 0 Å². The molecule has 118 heavy (non-hydrogen) atoms. The summed E-state index contributed by atoms with van der Waals surface area (Å²) in [7, 11) is 0. The largest absolute Gasteiger partial charge is 0.107 e. The first kappa shape index (κ1) is 33.2. The second-order valence-electron chi connectivity index (χ2n) is 28.5. The first-order valence-electron chi connectivity index (χ1n) is 66.5. The van der Waals surface area contributed by atoms with Gasteiger partial charge < -0.3 is 0 Å². The van der Waals surface area contributed by atoms with Gasteiger partial charge in [0.25, 0.3) is 0 Å². The Balaban J connectivity index is 0.932. The lowest BCUT2D eigenvalue weighted by Crippen LogP contribution is -2.67. The molecule has 4 saturated carbocycles. The molecule has 0 aromatic heterocycles. The average molecular weight is 1570 g/mol. The third-order valence-corrected chi connectivity index (χ3v) is 22.1. The molecule has 4 fully saturated rings. The molecule has 0 aliphatic heterocycles. The van der Waals surface area contributed by atoms with Gasteiger partial charge >= 0.3 is 0 Å². The van der Waals surface area contributed by atoms with Gasteiger partial charge in [-0.2, -0.15) is 0 Å². The molecule has 0 radical (unpaired) electrons. The molecule has 4 aliphatic rings. The molecule has 0 N–H and O–H groups in total. The minimum absolute atomic E-state index is 0.0265. The summed E-state index contributed by atoms with van der Waals surface area (Å²) in [4.78, 5) is 0. The van der Waals surface area contributed by atoms with E-state index in [1.54, 1.807) is 48.5 Å². The van der Waals surface area contributed by atoms with Crippen molar-refractivity contribution in [1.82, 2.24) is 0 Å². The summed E-state index contributed by atoms with van der Waals surface area (Å²) in [5.41, 5.74) is -31.2. The van der Waals surface area contributed by atoms with Gasteiger partial charge in [0.15, 0.2) is 0 Å². The molecule has 4 aliphatic carbocycles. The standard InChI is InChI=1S/C118H88/c1-13-37-99(38-14-1)115(100-39-15-2-16-40-100,101-41-17-3-18-42-101)81-77-91-61-69-95(70-62-91)111-85-112(96-71-63-92(64-72-96)78-82-116(102-43-19-4-20-44-102,103-45-21-5-22-46-103)104-47-23-6-24-48-104)88-113(86-111,97-73-65-93(66-74-97)79-83-117(105-49-25-7-26-50-105,106-51-27-8-28-52-106)107-53-29-9-30-54-107)90-114(87-111,89-112)98-75-67-94(68-76-98)80-84-118(108-55-31-10-32-56-108,109-57-33-11-34-58-109)110-59-35-12-36-60-110/h1-76H,85-90H2/i1D,2D,3D,4D,5D,6D,7D,8D,9D,10D,11D,12D,13D,14D,15D,16D,17D,18D,19D,20D,21D,22D,23D,24D,25D,26D,27D,28D,29D,30D,31D,32D,33D,34D,35D,36D,37D,38D,39D,40D,41D,42D,43D,44D,45D,46D,47D,48D,49D,50D,51D,52D,53D,54D,55D,56D,57D,58D,59D,60D.